The molecule has 7 heteroatoms. The van der Waals surface area contributed by atoms with E-state index in [0.717, 1.165) is 6.29 Å². The molecule has 1 atom stereocenters. The van der Waals surface area contributed by atoms with Gasteiger partial charge in [0.25, 0.3) is 0 Å². The first-order chi connectivity index (χ1) is 11.0. The van der Waals surface area contributed by atoms with Crippen molar-refractivity contribution < 1.29 is 23.5 Å². The fourth-order valence-electron chi connectivity index (χ4n) is 1.79. The maximum atomic E-state index is 12.6. The Kier molecular flexibility index (Phi) is 11.3. The predicted octanol–water partition coefficient (Wildman–Crippen LogP) is 1.08. The monoisotopic (exact) mass is 326 g/mol. The molecule has 0 radical (unpaired) electrons. The Balaban J connectivity index is 0.000000423. The summed E-state index contributed by atoms with van der Waals surface area (Å²) < 4.78 is 17.4. The first-order valence-electron chi connectivity index (χ1n) is 7.09. The van der Waals surface area contributed by atoms with E-state index in [1.807, 2.05) is 0 Å². The molecule has 0 fully saturated rings. The third kappa shape index (κ3) is 8.18. The lowest BCUT2D eigenvalue weighted by atomic mass is 10.1. The van der Waals surface area contributed by atoms with Crippen LogP contribution in [0.25, 0.3) is 0 Å². The van der Waals surface area contributed by atoms with Gasteiger partial charge in [-0.25, -0.2) is 4.39 Å². The molecule has 0 saturated heterocycles. The lowest BCUT2D eigenvalue weighted by Crippen LogP contribution is -2.40. The highest BCUT2D eigenvalue weighted by Gasteiger charge is 2.12. The number of aldehydes is 2. The standard InChI is InChI=1S/C9H9FO2.C7H14N2O2/c1-12-6-8-4-9(10)3-2-7(8)5-11;1-8-6(4-3-5-10)7(11)9-2/h2-5H,6H2,1H3;5-6,8H,3-4H2,1-2H3,(H,9,11). The van der Waals surface area contributed by atoms with Crippen molar-refractivity contribution in [2.24, 2.45) is 0 Å². The van der Waals surface area contributed by atoms with Crippen LogP contribution < -0.4 is 10.6 Å². The van der Waals surface area contributed by atoms with E-state index < -0.39 is 0 Å². The summed E-state index contributed by atoms with van der Waals surface area (Å²) >= 11 is 0. The summed E-state index contributed by atoms with van der Waals surface area (Å²) in [5, 5.41) is 5.32. The molecule has 0 aromatic heterocycles. The normalized spacial score (nSPS) is 11.0. The van der Waals surface area contributed by atoms with Gasteiger partial charge < -0.3 is 20.2 Å². The highest BCUT2D eigenvalue weighted by molar-refractivity contribution is 5.81. The van der Waals surface area contributed by atoms with Crippen LogP contribution in [0.4, 0.5) is 4.39 Å². The minimum atomic E-state index is -0.354. The van der Waals surface area contributed by atoms with E-state index in [0.29, 0.717) is 30.3 Å². The van der Waals surface area contributed by atoms with Crippen LogP contribution in [0.1, 0.15) is 28.8 Å². The summed E-state index contributed by atoms with van der Waals surface area (Å²) in [7, 11) is 4.78. The van der Waals surface area contributed by atoms with Gasteiger partial charge in [-0.05, 0) is 37.2 Å². The van der Waals surface area contributed by atoms with Crippen LogP contribution >= 0.6 is 0 Å². The Hall–Kier alpha value is -2.12. The van der Waals surface area contributed by atoms with E-state index in [1.54, 1.807) is 14.1 Å². The van der Waals surface area contributed by atoms with Crippen molar-refractivity contribution in [1.82, 2.24) is 10.6 Å². The molecule has 128 valence electrons. The van der Waals surface area contributed by atoms with Crippen LogP contribution in [0, 0.1) is 5.82 Å². The number of halogens is 1. The second-order valence-electron chi connectivity index (χ2n) is 4.59. The number of hydrogen-bond donors (Lipinski definition) is 2. The molecular weight excluding hydrogens is 303 g/mol. The molecule has 0 spiro atoms. The Morgan fingerprint density at radius 3 is 2.52 bits per heavy atom. The van der Waals surface area contributed by atoms with Gasteiger partial charge in [-0.3, -0.25) is 9.59 Å². The second kappa shape index (κ2) is 12.4. The third-order valence-electron chi connectivity index (χ3n) is 3.02. The quantitative estimate of drug-likeness (QED) is 0.699. The van der Waals surface area contributed by atoms with Crippen LogP contribution in [0.2, 0.25) is 0 Å². The third-order valence-corrected chi connectivity index (χ3v) is 3.02. The zero-order valence-electron chi connectivity index (χ0n) is 13.6. The molecule has 1 aromatic rings. The van der Waals surface area contributed by atoms with E-state index in [-0.39, 0.29) is 24.4 Å². The molecule has 1 amide bonds. The van der Waals surface area contributed by atoms with Crippen molar-refractivity contribution in [3.63, 3.8) is 0 Å². The summed E-state index contributed by atoms with van der Waals surface area (Å²) in [6.07, 6.45) is 2.47. The summed E-state index contributed by atoms with van der Waals surface area (Å²) in [5.41, 5.74) is 1.05. The molecule has 1 aromatic carbocycles. The largest absolute Gasteiger partial charge is 0.380 e. The molecule has 0 heterocycles. The number of amides is 1. The Labute approximate surface area is 135 Å². The van der Waals surface area contributed by atoms with E-state index in [9.17, 15) is 18.8 Å². The summed E-state index contributed by atoms with van der Waals surface area (Å²) in [4.78, 5) is 31.4. The van der Waals surface area contributed by atoms with Crippen LogP contribution in [-0.4, -0.2) is 45.7 Å². The van der Waals surface area contributed by atoms with Crippen LogP contribution in [-0.2, 0) is 20.9 Å². The zero-order valence-corrected chi connectivity index (χ0v) is 13.6. The molecule has 0 bridgehead atoms. The minimum absolute atomic E-state index is 0.0747. The molecule has 0 aliphatic rings. The van der Waals surface area contributed by atoms with E-state index in [2.05, 4.69) is 10.6 Å². The van der Waals surface area contributed by atoms with Gasteiger partial charge >= 0.3 is 0 Å². The highest BCUT2D eigenvalue weighted by atomic mass is 19.1. The Morgan fingerprint density at radius 1 is 1.35 bits per heavy atom. The topological polar surface area (TPSA) is 84.5 Å². The van der Waals surface area contributed by atoms with Crippen molar-refractivity contribution in [3.8, 4) is 0 Å². The van der Waals surface area contributed by atoms with Gasteiger partial charge in [-0.1, -0.05) is 0 Å². The molecule has 0 aliphatic carbocycles. The fourth-order valence-corrected chi connectivity index (χ4v) is 1.79. The SMILES string of the molecule is CNC(=O)C(CCC=O)NC.COCc1cc(F)ccc1C=O. The number of benzene rings is 1. The average Bonchev–Trinajstić information content (AvgIpc) is 2.56. The smallest absolute Gasteiger partial charge is 0.236 e. The highest BCUT2D eigenvalue weighted by Crippen LogP contribution is 2.10. The number of hydrogen-bond acceptors (Lipinski definition) is 5. The Bertz CT molecular complexity index is 509. The number of carbonyl (C=O) groups excluding carboxylic acids is 3. The summed E-state index contributed by atoms with van der Waals surface area (Å²) in [5.74, 6) is -0.429. The van der Waals surface area contributed by atoms with E-state index in [4.69, 9.17) is 4.74 Å². The fraction of sp³-hybridized carbons (Fsp3) is 0.438. The number of rotatable bonds is 8. The van der Waals surface area contributed by atoms with E-state index >= 15 is 0 Å². The van der Waals surface area contributed by atoms with Crippen molar-refractivity contribution in [2.75, 3.05) is 21.2 Å². The lowest BCUT2D eigenvalue weighted by molar-refractivity contribution is -0.122. The molecular formula is C16H23FN2O4. The maximum Gasteiger partial charge on any atom is 0.236 e. The number of likely N-dealkylation sites (N-methyl/N-ethyl adjacent to an activating group) is 2. The maximum absolute atomic E-state index is 12.6. The van der Waals surface area contributed by atoms with Crippen LogP contribution in [0.5, 0.6) is 0 Å². The lowest BCUT2D eigenvalue weighted by Gasteiger charge is -2.11. The van der Waals surface area contributed by atoms with Gasteiger partial charge in [0, 0.05) is 26.1 Å². The first-order valence-corrected chi connectivity index (χ1v) is 7.09. The Morgan fingerprint density at radius 2 is 2.04 bits per heavy atom. The van der Waals surface area contributed by atoms with Crippen LogP contribution in [0.3, 0.4) is 0 Å². The molecule has 2 N–H and O–H groups in total. The number of ether oxygens (including phenoxy) is 1. The van der Waals surface area contributed by atoms with Crippen molar-refractivity contribution in [3.05, 3.63) is 35.1 Å². The van der Waals surface area contributed by atoms with Crippen molar-refractivity contribution in [2.45, 2.75) is 25.5 Å². The number of methoxy groups -OCH3 is 1. The first kappa shape index (κ1) is 20.9. The molecule has 0 saturated carbocycles. The summed E-state index contributed by atoms with van der Waals surface area (Å²) in [6, 6.07) is 3.75. The number of nitrogens with one attached hydrogen (secondary N) is 2. The second-order valence-corrected chi connectivity index (χ2v) is 4.59. The van der Waals surface area contributed by atoms with Crippen LogP contribution in [0.15, 0.2) is 18.2 Å². The van der Waals surface area contributed by atoms with Gasteiger partial charge in [0.1, 0.15) is 18.4 Å². The average molecular weight is 326 g/mol. The molecule has 23 heavy (non-hydrogen) atoms. The van der Waals surface area contributed by atoms with Crippen molar-refractivity contribution in [1.29, 1.82) is 0 Å². The van der Waals surface area contributed by atoms with Gasteiger partial charge in [0.15, 0.2) is 0 Å². The van der Waals surface area contributed by atoms with Gasteiger partial charge in [-0.15, -0.1) is 0 Å². The van der Waals surface area contributed by atoms with Gasteiger partial charge in [0.2, 0.25) is 5.91 Å². The van der Waals surface area contributed by atoms with Crippen molar-refractivity contribution >= 4 is 18.5 Å². The molecule has 0 aliphatic heterocycles. The predicted molar refractivity (Wildman–Crippen MR) is 84.7 cm³/mol. The van der Waals surface area contributed by atoms with Gasteiger partial charge in [-0.2, -0.15) is 0 Å². The molecule has 1 unspecified atom stereocenters. The van der Waals surface area contributed by atoms with E-state index in [1.165, 1.54) is 25.3 Å². The zero-order chi connectivity index (χ0) is 17.7. The minimum Gasteiger partial charge on any atom is -0.380 e. The number of carbonyl (C=O) groups is 3. The van der Waals surface area contributed by atoms with Gasteiger partial charge in [0.05, 0.1) is 12.6 Å². The summed E-state index contributed by atoms with van der Waals surface area (Å²) in [6.45, 7) is 0.256. The molecule has 6 nitrogen and oxygen atoms in total. The molecule has 1 rings (SSSR count).